The molecule has 1 amide bonds. The van der Waals surface area contributed by atoms with Gasteiger partial charge in [0.25, 0.3) is 11.5 Å². The quantitative estimate of drug-likeness (QED) is 0.493. The minimum Gasteiger partial charge on any atom is -0.348 e. The summed E-state index contributed by atoms with van der Waals surface area (Å²) < 4.78 is 42.4. The molecule has 0 aliphatic carbocycles. The molecule has 1 N–H and O–H groups in total. The van der Waals surface area contributed by atoms with Crippen molar-refractivity contribution >= 4 is 16.8 Å². The lowest BCUT2D eigenvalue weighted by Gasteiger charge is -2.14. The van der Waals surface area contributed by atoms with Crippen molar-refractivity contribution in [2.75, 3.05) is 0 Å². The molecule has 1 aromatic heterocycles. The Kier molecular flexibility index (Phi) is 5.81. The van der Waals surface area contributed by atoms with Gasteiger partial charge >= 0.3 is 0 Å². The van der Waals surface area contributed by atoms with Gasteiger partial charge in [-0.2, -0.15) is 0 Å². The van der Waals surface area contributed by atoms with Crippen LogP contribution in [0.2, 0.25) is 0 Å². The van der Waals surface area contributed by atoms with Crippen LogP contribution in [-0.2, 0) is 13.1 Å². The smallest absolute Gasteiger partial charge is 0.252 e. The Bertz CT molecular complexity index is 1360. The molecule has 1 heterocycles. The average Bonchev–Trinajstić information content (AvgIpc) is 2.76. The summed E-state index contributed by atoms with van der Waals surface area (Å²) in [5.41, 5.74) is 1.85. The Hall–Kier alpha value is -3.87. The highest BCUT2D eigenvalue weighted by Crippen LogP contribution is 2.19. The summed E-state index contributed by atoms with van der Waals surface area (Å²) in [7, 11) is 0. The molecule has 3 aromatic carbocycles. The van der Waals surface area contributed by atoms with Gasteiger partial charge in [-0.05, 0) is 18.6 Å². The second-order valence-electron chi connectivity index (χ2n) is 7.52. The highest BCUT2D eigenvalue weighted by Gasteiger charge is 2.17. The molecule has 162 valence electrons. The van der Waals surface area contributed by atoms with E-state index in [2.05, 4.69) is 5.32 Å². The van der Waals surface area contributed by atoms with E-state index in [4.69, 9.17) is 0 Å². The van der Waals surface area contributed by atoms with Gasteiger partial charge in [0, 0.05) is 35.7 Å². The Morgan fingerprint density at radius 1 is 0.938 bits per heavy atom. The number of carbonyl (C=O) groups excluding carboxylic acids is 1. The molecule has 0 radical (unpaired) electrons. The maximum Gasteiger partial charge on any atom is 0.252 e. The fourth-order valence-electron chi connectivity index (χ4n) is 3.57. The van der Waals surface area contributed by atoms with Gasteiger partial charge in [-0.15, -0.1) is 0 Å². The third-order valence-electron chi connectivity index (χ3n) is 5.26. The highest BCUT2D eigenvalue weighted by molar-refractivity contribution is 6.06. The van der Waals surface area contributed by atoms with Crippen LogP contribution < -0.4 is 10.9 Å². The van der Waals surface area contributed by atoms with E-state index in [-0.39, 0.29) is 11.1 Å². The fraction of sp³-hybridized carbons (Fsp3) is 0.120. The first-order valence-electron chi connectivity index (χ1n) is 9.93. The van der Waals surface area contributed by atoms with E-state index < -0.39 is 35.5 Å². The van der Waals surface area contributed by atoms with Crippen molar-refractivity contribution in [3.05, 3.63) is 117 Å². The second kappa shape index (κ2) is 8.70. The number of para-hydroxylation sites is 1. The molecule has 0 bridgehead atoms. The van der Waals surface area contributed by atoms with E-state index >= 15 is 0 Å². The zero-order valence-corrected chi connectivity index (χ0v) is 17.2. The number of amides is 1. The molecular weight excluding hydrogens is 417 g/mol. The van der Waals surface area contributed by atoms with Gasteiger partial charge in [-0.25, -0.2) is 13.2 Å². The predicted octanol–water partition coefficient (Wildman–Crippen LogP) is 4.71. The van der Waals surface area contributed by atoms with Crippen LogP contribution in [0.15, 0.2) is 71.5 Å². The molecule has 0 aliphatic heterocycles. The van der Waals surface area contributed by atoms with Gasteiger partial charge in [-0.3, -0.25) is 9.59 Å². The van der Waals surface area contributed by atoms with Crippen LogP contribution in [0, 0.1) is 24.4 Å². The summed E-state index contributed by atoms with van der Waals surface area (Å²) in [6.07, 6.45) is 0. The highest BCUT2D eigenvalue weighted by atomic mass is 19.1. The van der Waals surface area contributed by atoms with Crippen LogP contribution in [0.5, 0.6) is 0 Å². The number of rotatable bonds is 5. The average molecular weight is 436 g/mol. The first-order valence-corrected chi connectivity index (χ1v) is 9.93. The number of halogens is 3. The summed E-state index contributed by atoms with van der Waals surface area (Å²) in [6, 6.07) is 17.0. The van der Waals surface area contributed by atoms with E-state index in [1.807, 2.05) is 31.2 Å². The first kappa shape index (κ1) is 21.4. The fourth-order valence-corrected chi connectivity index (χ4v) is 3.57. The zero-order chi connectivity index (χ0) is 22.8. The standard InChI is InChI=1S/C25H19F3N2O2/c1-15-6-8-16(9-7-15)14-30-23-5-3-2-4-18(23)19(12-24(30)31)25(32)29-13-20-21(27)10-17(26)11-22(20)28/h2-12H,13-14H2,1H3,(H,29,32). The number of carbonyl (C=O) groups is 1. The van der Waals surface area contributed by atoms with Crippen molar-refractivity contribution in [2.45, 2.75) is 20.0 Å². The van der Waals surface area contributed by atoms with Crippen molar-refractivity contribution in [3.63, 3.8) is 0 Å². The normalized spacial score (nSPS) is 11.0. The molecule has 0 aliphatic rings. The van der Waals surface area contributed by atoms with Crippen LogP contribution in [0.3, 0.4) is 0 Å². The SMILES string of the molecule is Cc1ccc(Cn2c(=O)cc(C(=O)NCc3c(F)cc(F)cc3F)c3ccccc32)cc1. The molecular formula is C25H19F3N2O2. The molecule has 0 spiro atoms. The summed E-state index contributed by atoms with van der Waals surface area (Å²) in [6.45, 7) is 1.81. The Labute approximate surface area is 181 Å². The van der Waals surface area contributed by atoms with Crippen LogP contribution in [0.1, 0.15) is 27.0 Å². The molecule has 4 nitrogen and oxygen atoms in total. The van der Waals surface area contributed by atoms with Crippen molar-refractivity contribution in [3.8, 4) is 0 Å². The maximum atomic E-state index is 13.9. The summed E-state index contributed by atoms with van der Waals surface area (Å²) in [4.78, 5) is 25.7. The number of aryl methyl sites for hydroxylation is 1. The lowest BCUT2D eigenvalue weighted by molar-refractivity contribution is 0.0951. The summed E-state index contributed by atoms with van der Waals surface area (Å²) >= 11 is 0. The monoisotopic (exact) mass is 436 g/mol. The first-order chi connectivity index (χ1) is 15.3. The van der Waals surface area contributed by atoms with Gasteiger partial charge < -0.3 is 9.88 Å². The molecule has 7 heteroatoms. The van der Waals surface area contributed by atoms with Gasteiger partial charge in [0.15, 0.2) is 0 Å². The third kappa shape index (κ3) is 4.27. The lowest BCUT2D eigenvalue weighted by Crippen LogP contribution is -2.28. The maximum absolute atomic E-state index is 13.9. The van der Waals surface area contributed by atoms with Crippen molar-refractivity contribution in [1.29, 1.82) is 0 Å². The molecule has 0 saturated carbocycles. The second-order valence-corrected chi connectivity index (χ2v) is 7.52. The number of hydrogen-bond acceptors (Lipinski definition) is 2. The number of pyridine rings is 1. The van der Waals surface area contributed by atoms with Gasteiger partial charge in [0.05, 0.1) is 17.6 Å². The van der Waals surface area contributed by atoms with Crippen molar-refractivity contribution in [1.82, 2.24) is 9.88 Å². The molecule has 4 rings (SSSR count). The Balaban J connectivity index is 1.67. The van der Waals surface area contributed by atoms with E-state index in [1.54, 1.807) is 28.8 Å². The minimum atomic E-state index is -1.10. The number of fused-ring (bicyclic) bond motifs is 1. The number of benzene rings is 3. The molecule has 0 saturated heterocycles. The predicted molar refractivity (Wildman–Crippen MR) is 116 cm³/mol. The Morgan fingerprint density at radius 2 is 1.59 bits per heavy atom. The van der Waals surface area contributed by atoms with Crippen molar-refractivity contribution in [2.24, 2.45) is 0 Å². The van der Waals surface area contributed by atoms with Gasteiger partial charge in [-0.1, -0.05) is 48.0 Å². The van der Waals surface area contributed by atoms with E-state index in [1.165, 1.54) is 6.07 Å². The van der Waals surface area contributed by atoms with Crippen LogP contribution in [-0.4, -0.2) is 10.5 Å². The molecule has 4 aromatic rings. The van der Waals surface area contributed by atoms with Gasteiger partial charge in [0.2, 0.25) is 0 Å². The molecule has 0 unspecified atom stereocenters. The number of aromatic nitrogens is 1. The zero-order valence-electron chi connectivity index (χ0n) is 17.2. The third-order valence-corrected chi connectivity index (χ3v) is 5.26. The van der Waals surface area contributed by atoms with Crippen LogP contribution >= 0.6 is 0 Å². The number of hydrogen-bond donors (Lipinski definition) is 1. The molecule has 0 atom stereocenters. The van der Waals surface area contributed by atoms with E-state index in [0.29, 0.717) is 29.6 Å². The van der Waals surface area contributed by atoms with Crippen LogP contribution in [0.4, 0.5) is 13.2 Å². The van der Waals surface area contributed by atoms with Gasteiger partial charge in [0.1, 0.15) is 17.5 Å². The Morgan fingerprint density at radius 3 is 2.28 bits per heavy atom. The minimum absolute atomic E-state index is 0.0914. The number of nitrogens with zero attached hydrogens (tertiary/aromatic N) is 1. The van der Waals surface area contributed by atoms with Crippen molar-refractivity contribution < 1.29 is 18.0 Å². The summed E-state index contributed by atoms with van der Waals surface area (Å²) in [5, 5.41) is 2.95. The summed E-state index contributed by atoms with van der Waals surface area (Å²) in [5.74, 6) is -3.90. The number of nitrogens with one attached hydrogen (secondary N) is 1. The van der Waals surface area contributed by atoms with Crippen LogP contribution in [0.25, 0.3) is 10.9 Å². The topological polar surface area (TPSA) is 51.1 Å². The molecule has 32 heavy (non-hydrogen) atoms. The largest absolute Gasteiger partial charge is 0.348 e. The van der Waals surface area contributed by atoms with E-state index in [9.17, 15) is 22.8 Å². The lowest BCUT2D eigenvalue weighted by atomic mass is 10.1. The molecule has 0 fully saturated rings. The van der Waals surface area contributed by atoms with E-state index in [0.717, 1.165) is 11.1 Å².